The van der Waals surface area contributed by atoms with E-state index >= 15 is 0 Å². The monoisotopic (exact) mass is 281 g/mol. The van der Waals surface area contributed by atoms with Crippen LogP contribution < -0.4 is 5.32 Å². The molecule has 2 aliphatic heterocycles. The summed E-state index contributed by atoms with van der Waals surface area (Å²) in [5.74, 6) is 0. The Kier molecular flexibility index (Phi) is 3.01. The zero-order valence-electron chi connectivity index (χ0n) is 9.16. The van der Waals surface area contributed by atoms with Gasteiger partial charge < -0.3 is 10.1 Å². The highest BCUT2D eigenvalue weighted by molar-refractivity contribution is 9.10. The Morgan fingerprint density at radius 1 is 1.25 bits per heavy atom. The number of nitrogens with one attached hydrogen (secondary N) is 1. The number of hydrogen-bond acceptors (Lipinski definition) is 2. The molecular formula is C13H16BrNO. The van der Waals surface area contributed by atoms with E-state index in [0.717, 1.165) is 11.0 Å². The Bertz CT molecular complexity index is 365. The van der Waals surface area contributed by atoms with Crippen molar-refractivity contribution in [3.63, 3.8) is 0 Å². The third-order valence-electron chi connectivity index (χ3n) is 3.59. The Labute approximate surface area is 105 Å². The molecule has 2 nitrogen and oxygen atoms in total. The van der Waals surface area contributed by atoms with Crippen molar-refractivity contribution in [3.05, 3.63) is 34.3 Å². The molecule has 2 aliphatic rings. The number of fused-ring (bicyclic) bond motifs is 2. The van der Waals surface area contributed by atoms with E-state index in [0.29, 0.717) is 18.2 Å². The first-order valence-corrected chi connectivity index (χ1v) is 6.74. The summed E-state index contributed by atoms with van der Waals surface area (Å²) in [7, 11) is 0. The van der Waals surface area contributed by atoms with Gasteiger partial charge in [0.05, 0.1) is 12.2 Å². The number of ether oxygens (including phenoxy) is 1. The number of benzene rings is 1. The SMILES string of the molecule is Brc1ccc(CNC2CC3CCC2O3)cc1. The van der Waals surface area contributed by atoms with Crippen molar-refractivity contribution < 1.29 is 4.74 Å². The van der Waals surface area contributed by atoms with E-state index in [4.69, 9.17) is 4.74 Å². The molecule has 16 heavy (non-hydrogen) atoms. The third kappa shape index (κ3) is 2.17. The van der Waals surface area contributed by atoms with E-state index in [9.17, 15) is 0 Å². The van der Waals surface area contributed by atoms with E-state index in [1.165, 1.54) is 24.8 Å². The predicted octanol–water partition coefficient (Wildman–Crippen LogP) is 2.86. The van der Waals surface area contributed by atoms with Crippen LogP contribution in [0.3, 0.4) is 0 Å². The predicted molar refractivity (Wildman–Crippen MR) is 67.3 cm³/mol. The Morgan fingerprint density at radius 2 is 2.06 bits per heavy atom. The molecule has 0 aliphatic carbocycles. The van der Waals surface area contributed by atoms with Crippen LogP contribution in [0.15, 0.2) is 28.7 Å². The van der Waals surface area contributed by atoms with Crippen molar-refractivity contribution >= 4 is 15.9 Å². The van der Waals surface area contributed by atoms with E-state index in [1.54, 1.807) is 0 Å². The minimum absolute atomic E-state index is 0.473. The van der Waals surface area contributed by atoms with E-state index < -0.39 is 0 Å². The highest BCUT2D eigenvalue weighted by Gasteiger charge is 2.40. The fourth-order valence-electron chi connectivity index (χ4n) is 2.70. The molecule has 86 valence electrons. The molecule has 3 atom stereocenters. The maximum absolute atomic E-state index is 5.82. The molecule has 2 bridgehead atoms. The average Bonchev–Trinajstić information content (AvgIpc) is 2.90. The molecule has 1 aromatic rings. The van der Waals surface area contributed by atoms with Gasteiger partial charge in [0.15, 0.2) is 0 Å². The average molecular weight is 282 g/mol. The van der Waals surface area contributed by atoms with Crippen LogP contribution in [0.1, 0.15) is 24.8 Å². The molecule has 3 heteroatoms. The summed E-state index contributed by atoms with van der Waals surface area (Å²) in [5, 5.41) is 3.61. The lowest BCUT2D eigenvalue weighted by atomic mass is 9.95. The van der Waals surface area contributed by atoms with Gasteiger partial charge in [-0.3, -0.25) is 0 Å². The van der Waals surface area contributed by atoms with Crippen LogP contribution >= 0.6 is 15.9 Å². The Morgan fingerprint density at radius 3 is 2.69 bits per heavy atom. The van der Waals surface area contributed by atoms with Crippen LogP contribution in [0, 0.1) is 0 Å². The van der Waals surface area contributed by atoms with Gasteiger partial charge >= 0.3 is 0 Å². The molecule has 3 rings (SSSR count). The second-order valence-corrected chi connectivity index (χ2v) is 5.64. The topological polar surface area (TPSA) is 21.3 Å². The van der Waals surface area contributed by atoms with Gasteiger partial charge in [-0.25, -0.2) is 0 Å². The summed E-state index contributed by atoms with van der Waals surface area (Å²) >= 11 is 3.45. The fourth-order valence-corrected chi connectivity index (χ4v) is 2.97. The summed E-state index contributed by atoms with van der Waals surface area (Å²) in [6.45, 7) is 0.949. The van der Waals surface area contributed by atoms with Gasteiger partial charge in [-0.15, -0.1) is 0 Å². The first-order valence-electron chi connectivity index (χ1n) is 5.94. The minimum atomic E-state index is 0.473. The van der Waals surface area contributed by atoms with E-state index in [1.807, 2.05) is 0 Å². The zero-order chi connectivity index (χ0) is 11.0. The largest absolute Gasteiger partial charge is 0.373 e. The molecule has 2 heterocycles. The van der Waals surface area contributed by atoms with Crippen LogP contribution in [0.25, 0.3) is 0 Å². The molecule has 0 amide bonds. The number of hydrogen-bond donors (Lipinski definition) is 1. The smallest absolute Gasteiger partial charge is 0.0733 e. The molecule has 0 saturated carbocycles. The van der Waals surface area contributed by atoms with E-state index in [-0.39, 0.29) is 0 Å². The lowest BCUT2D eigenvalue weighted by Gasteiger charge is -2.20. The quantitative estimate of drug-likeness (QED) is 0.920. The van der Waals surface area contributed by atoms with Crippen molar-refractivity contribution in [2.24, 2.45) is 0 Å². The van der Waals surface area contributed by atoms with Gasteiger partial charge in [-0.05, 0) is 37.0 Å². The first-order chi connectivity index (χ1) is 7.81. The van der Waals surface area contributed by atoms with Gasteiger partial charge in [0.1, 0.15) is 0 Å². The van der Waals surface area contributed by atoms with Crippen molar-refractivity contribution in [2.45, 2.75) is 44.1 Å². The molecular weight excluding hydrogens is 266 g/mol. The minimum Gasteiger partial charge on any atom is -0.373 e. The van der Waals surface area contributed by atoms with Crippen LogP contribution in [0.4, 0.5) is 0 Å². The van der Waals surface area contributed by atoms with Crippen molar-refractivity contribution in [1.82, 2.24) is 5.32 Å². The summed E-state index contributed by atoms with van der Waals surface area (Å²) in [4.78, 5) is 0. The zero-order valence-corrected chi connectivity index (χ0v) is 10.7. The molecule has 3 unspecified atom stereocenters. The van der Waals surface area contributed by atoms with Crippen LogP contribution in [0.2, 0.25) is 0 Å². The van der Waals surface area contributed by atoms with Gasteiger partial charge in [0, 0.05) is 17.1 Å². The lowest BCUT2D eigenvalue weighted by molar-refractivity contribution is 0.0973. The third-order valence-corrected chi connectivity index (χ3v) is 4.12. The van der Waals surface area contributed by atoms with Gasteiger partial charge in [-0.2, -0.15) is 0 Å². The summed E-state index contributed by atoms with van der Waals surface area (Å²) in [5.41, 5.74) is 1.34. The van der Waals surface area contributed by atoms with Crippen molar-refractivity contribution in [3.8, 4) is 0 Å². The summed E-state index contributed by atoms with van der Waals surface area (Å²) in [6, 6.07) is 9.07. The number of rotatable bonds is 3. The van der Waals surface area contributed by atoms with Crippen LogP contribution in [0.5, 0.6) is 0 Å². The van der Waals surface area contributed by atoms with Gasteiger partial charge in [0.25, 0.3) is 0 Å². The highest BCUT2D eigenvalue weighted by atomic mass is 79.9. The normalized spacial score (nSPS) is 32.2. The van der Waals surface area contributed by atoms with Gasteiger partial charge in [-0.1, -0.05) is 28.1 Å². The van der Waals surface area contributed by atoms with Crippen LogP contribution in [-0.2, 0) is 11.3 Å². The summed E-state index contributed by atoms with van der Waals surface area (Å²) < 4.78 is 6.96. The van der Waals surface area contributed by atoms with Crippen molar-refractivity contribution in [2.75, 3.05) is 0 Å². The lowest BCUT2D eigenvalue weighted by Crippen LogP contribution is -2.36. The maximum atomic E-state index is 5.82. The maximum Gasteiger partial charge on any atom is 0.0733 e. The highest BCUT2D eigenvalue weighted by Crippen LogP contribution is 2.34. The fraction of sp³-hybridized carbons (Fsp3) is 0.538. The standard InChI is InChI=1S/C13H16BrNO/c14-10-3-1-9(2-4-10)8-15-12-7-11-5-6-13(12)16-11/h1-4,11-13,15H,5-8H2. The Hall–Kier alpha value is -0.380. The van der Waals surface area contributed by atoms with E-state index in [2.05, 4.69) is 45.5 Å². The number of halogens is 1. The second kappa shape index (κ2) is 4.47. The molecule has 0 radical (unpaired) electrons. The Balaban J connectivity index is 1.55. The molecule has 0 aromatic heterocycles. The van der Waals surface area contributed by atoms with Gasteiger partial charge in [0.2, 0.25) is 0 Å². The molecule has 0 spiro atoms. The van der Waals surface area contributed by atoms with Crippen LogP contribution in [-0.4, -0.2) is 18.2 Å². The molecule has 1 aromatic carbocycles. The molecule has 1 N–H and O–H groups in total. The molecule has 2 fully saturated rings. The first kappa shape index (κ1) is 10.8. The summed E-state index contributed by atoms with van der Waals surface area (Å²) in [6.07, 6.45) is 4.71. The second-order valence-electron chi connectivity index (χ2n) is 4.72. The van der Waals surface area contributed by atoms with Crippen molar-refractivity contribution in [1.29, 1.82) is 0 Å². The molecule has 2 saturated heterocycles.